The second-order valence-electron chi connectivity index (χ2n) is 5.89. The lowest BCUT2D eigenvalue weighted by molar-refractivity contribution is 0.0760. The van der Waals surface area contributed by atoms with E-state index in [9.17, 15) is 4.79 Å². The van der Waals surface area contributed by atoms with Gasteiger partial charge in [-0.25, -0.2) is 0 Å². The number of rotatable bonds is 8. The van der Waals surface area contributed by atoms with E-state index in [-0.39, 0.29) is 5.91 Å². The highest BCUT2D eigenvalue weighted by molar-refractivity contribution is 5.99. The number of carbonyl (C=O) groups excluding carboxylic acids is 1. The Kier molecular flexibility index (Phi) is 7.23. The van der Waals surface area contributed by atoms with Crippen LogP contribution in [0.25, 0.3) is 0 Å². The molecule has 0 atom stereocenters. The monoisotopic (exact) mass is 291 g/mol. The molecule has 118 valence electrons. The quantitative estimate of drug-likeness (QED) is 0.800. The van der Waals surface area contributed by atoms with E-state index in [0.717, 1.165) is 37.3 Å². The van der Waals surface area contributed by atoms with E-state index in [0.29, 0.717) is 6.04 Å². The molecule has 4 nitrogen and oxygen atoms in total. The molecular weight excluding hydrogens is 262 g/mol. The van der Waals surface area contributed by atoms with Crippen molar-refractivity contribution in [2.75, 3.05) is 39.0 Å². The van der Waals surface area contributed by atoms with Crippen molar-refractivity contribution in [3.8, 4) is 0 Å². The number of benzene rings is 1. The highest BCUT2D eigenvalue weighted by atomic mass is 16.2. The second-order valence-corrected chi connectivity index (χ2v) is 5.89. The van der Waals surface area contributed by atoms with Crippen molar-refractivity contribution < 1.29 is 4.79 Å². The fourth-order valence-corrected chi connectivity index (χ4v) is 2.26. The molecule has 1 aromatic rings. The Hall–Kier alpha value is -1.55. The number of carbonyl (C=O) groups is 1. The van der Waals surface area contributed by atoms with Crippen LogP contribution >= 0.6 is 0 Å². The topological polar surface area (TPSA) is 35.6 Å². The standard InChI is InChI=1S/C17H29N3O/c1-6-20(13-9-12-19(4)5)17(21)15-10-7-8-11-16(15)18-14(2)3/h7-8,10-11,14,18H,6,9,12-13H2,1-5H3. The molecule has 1 rings (SSSR count). The number of nitrogens with one attached hydrogen (secondary N) is 1. The van der Waals surface area contributed by atoms with Gasteiger partial charge in [-0.15, -0.1) is 0 Å². The van der Waals surface area contributed by atoms with Crippen LogP contribution in [0.4, 0.5) is 5.69 Å². The zero-order valence-electron chi connectivity index (χ0n) is 14.0. The van der Waals surface area contributed by atoms with Crippen LogP contribution in [0, 0.1) is 0 Å². The van der Waals surface area contributed by atoms with Crippen LogP contribution in [0.1, 0.15) is 37.6 Å². The first kappa shape index (κ1) is 17.5. The van der Waals surface area contributed by atoms with Crippen LogP contribution in [-0.2, 0) is 0 Å². The van der Waals surface area contributed by atoms with Crippen molar-refractivity contribution in [2.45, 2.75) is 33.2 Å². The van der Waals surface area contributed by atoms with Crippen LogP contribution < -0.4 is 5.32 Å². The molecule has 0 spiro atoms. The third-order valence-electron chi connectivity index (χ3n) is 3.30. The van der Waals surface area contributed by atoms with Crippen molar-refractivity contribution in [3.63, 3.8) is 0 Å². The predicted octanol–water partition coefficient (Wildman–Crippen LogP) is 2.92. The van der Waals surface area contributed by atoms with E-state index in [1.807, 2.05) is 36.1 Å². The van der Waals surface area contributed by atoms with Gasteiger partial charge in [-0.05, 0) is 60.0 Å². The summed E-state index contributed by atoms with van der Waals surface area (Å²) < 4.78 is 0. The third-order valence-corrected chi connectivity index (χ3v) is 3.30. The van der Waals surface area contributed by atoms with Crippen LogP contribution in [0.2, 0.25) is 0 Å². The molecule has 0 saturated heterocycles. The Morgan fingerprint density at radius 2 is 1.86 bits per heavy atom. The smallest absolute Gasteiger partial charge is 0.255 e. The molecule has 1 amide bonds. The molecule has 0 fully saturated rings. The number of nitrogens with zero attached hydrogens (tertiary/aromatic N) is 2. The fourth-order valence-electron chi connectivity index (χ4n) is 2.26. The predicted molar refractivity (Wildman–Crippen MR) is 89.9 cm³/mol. The number of anilines is 1. The van der Waals surface area contributed by atoms with Gasteiger partial charge in [-0.1, -0.05) is 12.1 Å². The van der Waals surface area contributed by atoms with Gasteiger partial charge in [0.2, 0.25) is 0 Å². The van der Waals surface area contributed by atoms with Crippen molar-refractivity contribution in [2.24, 2.45) is 0 Å². The maximum absolute atomic E-state index is 12.7. The summed E-state index contributed by atoms with van der Waals surface area (Å²) in [6, 6.07) is 8.07. The molecule has 0 heterocycles. The highest BCUT2D eigenvalue weighted by Gasteiger charge is 2.17. The molecule has 1 N–H and O–H groups in total. The Morgan fingerprint density at radius 1 is 1.19 bits per heavy atom. The summed E-state index contributed by atoms with van der Waals surface area (Å²) >= 11 is 0. The van der Waals surface area contributed by atoms with Gasteiger partial charge < -0.3 is 15.1 Å². The molecule has 0 bridgehead atoms. The molecule has 0 aliphatic rings. The maximum atomic E-state index is 12.7. The lowest BCUT2D eigenvalue weighted by atomic mass is 10.1. The minimum atomic E-state index is 0.111. The van der Waals surface area contributed by atoms with Crippen molar-refractivity contribution in [3.05, 3.63) is 29.8 Å². The number of para-hydroxylation sites is 1. The van der Waals surface area contributed by atoms with E-state index in [2.05, 4.69) is 38.2 Å². The average Bonchev–Trinajstić information content (AvgIpc) is 2.42. The van der Waals surface area contributed by atoms with Crippen molar-refractivity contribution in [1.29, 1.82) is 0 Å². The average molecular weight is 291 g/mol. The van der Waals surface area contributed by atoms with E-state index in [1.54, 1.807) is 0 Å². The van der Waals surface area contributed by atoms with Crippen molar-refractivity contribution >= 4 is 11.6 Å². The Bertz CT molecular complexity index is 443. The summed E-state index contributed by atoms with van der Waals surface area (Å²) in [5.41, 5.74) is 1.68. The number of hydrogen-bond acceptors (Lipinski definition) is 3. The van der Waals surface area contributed by atoms with Crippen molar-refractivity contribution in [1.82, 2.24) is 9.80 Å². The van der Waals surface area contributed by atoms with Gasteiger partial charge in [0.1, 0.15) is 0 Å². The van der Waals surface area contributed by atoms with Gasteiger partial charge in [-0.2, -0.15) is 0 Å². The highest BCUT2D eigenvalue weighted by Crippen LogP contribution is 2.18. The van der Waals surface area contributed by atoms with Gasteiger partial charge in [0.25, 0.3) is 5.91 Å². The maximum Gasteiger partial charge on any atom is 0.255 e. The lowest BCUT2D eigenvalue weighted by Crippen LogP contribution is -2.34. The molecule has 0 saturated carbocycles. The first-order chi connectivity index (χ1) is 9.95. The van der Waals surface area contributed by atoms with Gasteiger partial charge >= 0.3 is 0 Å². The summed E-state index contributed by atoms with van der Waals surface area (Å²) in [7, 11) is 4.11. The molecule has 0 unspecified atom stereocenters. The first-order valence-electron chi connectivity index (χ1n) is 7.75. The summed E-state index contributed by atoms with van der Waals surface area (Å²) in [5, 5.41) is 3.35. The van der Waals surface area contributed by atoms with Gasteiger partial charge in [0, 0.05) is 24.8 Å². The van der Waals surface area contributed by atoms with Crippen LogP contribution in [-0.4, -0.2) is 55.5 Å². The van der Waals surface area contributed by atoms with E-state index < -0.39 is 0 Å². The van der Waals surface area contributed by atoms with Crippen LogP contribution in [0.3, 0.4) is 0 Å². The Labute approximate surface area is 129 Å². The van der Waals surface area contributed by atoms with E-state index in [4.69, 9.17) is 0 Å². The zero-order chi connectivity index (χ0) is 15.8. The lowest BCUT2D eigenvalue weighted by Gasteiger charge is -2.24. The second kappa shape index (κ2) is 8.67. The number of hydrogen-bond donors (Lipinski definition) is 1. The zero-order valence-corrected chi connectivity index (χ0v) is 14.0. The minimum absolute atomic E-state index is 0.111. The van der Waals surface area contributed by atoms with E-state index in [1.165, 1.54) is 0 Å². The Balaban J connectivity index is 2.79. The van der Waals surface area contributed by atoms with Gasteiger partial charge in [0.15, 0.2) is 0 Å². The Morgan fingerprint density at radius 3 is 2.43 bits per heavy atom. The molecule has 0 aliphatic carbocycles. The molecule has 4 heteroatoms. The summed E-state index contributed by atoms with van der Waals surface area (Å²) in [6.07, 6.45) is 0.992. The molecule has 1 aromatic carbocycles. The third kappa shape index (κ3) is 5.76. The SMILES string of the molecule is CCN(CCCN(C)C)C(=O)c1ccccc1NC(C)C. The normalized spacial score (nSPS) is 11.0. The number of amides is 1. The largest absolute Gasteiger partial charge is 0.382 e. The summed E-state index contributed by atoms with van der Waals surface area (Å²) in [4.78, 5) is 16.8. The molecule has 0 aliphatic heterocycles. The minimum Gasteiger partial charge on any atom is -0.382 e. The summed E-state index contributed by atoms with van der Waals surface area (Å²) in [6.45, 7) is 8.72. The van der Waals surface area contributed by atoms with Crippen LogP contribution in [0.5, 0.6) is 0 Å². The molecule has 0 aromatic heterocycles. The van der Waals surface area contributed by atoms with Gasteiger partial charge in [-0.3, -0.25) is 4.79 Å². The fraction of sp³-hybridized carbons (Fsp3) is 0.588. The van der Waals surface area contributed by atoms with E-state index >= 15 is 0 Å². The molecule has 21 heavy (non-hydrogen) atoms. The summed E-state index contributed by atoms with van der Waals surface area (Å²) in [5.74, 6) is 0.111. The molecule has 0 radical (unpaired) electrons. The van der Waals surface area contributed by atoms with Crippen LogP contribution in [0.15, 0.2) is 24.3 Å². The van der Waals surface area contributed by atoms with Gasteiger partial charge in [0.05, 0.1) is 5.56 Å². The molecular formula is C17H29N3O. The first-order valence-corrected chi connectivity index (χ1v) is 7.75.